The minimum absolute atomic E-state index is 0.181. The van der Waals surface area contributed by atoms with Gasteiger partial charge >= 0.3 is 0 Å². The average Bonchev–Trinajstić information content (AvgIpc) is 2.62. The van der Waals surface area contributed by atoms with E-state index in [1.165, 1.54) is 12.1 Å². The molecule has 0 spiro atoms. The van der Waals surface area contributed by atoms with Crippen molar-refractivity contribution in [1.29, 1.82) is 0 Å². The maximum absolute atomic E-state index is 12.4. The third-order valence-corrected chi connectivity index (χ3v) is 6.07. The van der Waals surface area contributed by atoms with Crippen molar-refractivity contribution in [1.82, 2.24) is 4.90 Å². The Balaban J connectivity index is 1.60. The highest BCUT2D eigenvalue weighted by Crippen LogP contribution is 2.21. The lowest BCUT2D eigenvalue weighted by atomic mass is 10.2. The summed E-state index contributed by atoms with van der Waals surface area (Å²) < 4.78 is 24.7. The van der Waals surface area contributed by atoms with Crippen molar-refractivity contribution in [3.8, 4) is 0 Å². The van der Waals surface area contributed by atoms with Crippen LogP contribution < -0.4 is 4.90 Å². The predicted molar refractivity (Wildman–Crippen MR) is 98.7 cm³/mol. The van der Waals surface area contributed by atoms with Gasteiger partial charge < -0.3 is 9.80 Å². The van der Waals surface area contributed by atoms with E-state index >= 15 is 0 Å². The fraction of sp³-hybridized carbons (Fsp3) is 0.278. The smallest absolute Gasteiger partial charge is 0.238 e. The molecule has 1 aliphatic heterocycles. The van der Waals surface area contributed by atoms with Crippen molar-refractivity contribution in [2.75, 3.05) is 36.8 Å². The zero-order valence-corrected chi connectivity index (χ0v) is 15.2. The van der Waals surface area contributed by atoms with E-state index in [1.54, 1.807) is 23.1 Å². The average molecular weight is 379 g/mol. The number of amides is 1. The second-order valence-corrected chi connectivity index (χ2v) is 8.35. The summed E-state index contributed by atoms with van der Waals surface area (Å²) in [5.41, 5.74) is 1.01. The van der Waals surface area contributed by atoms with E-state index in [0.29, 0.717) is 31.2 Å². The number of anilines is 1. The highest BCUT2D eigenvalue weighted by molar-refractivity contribution is 7.92. The van der Waals surface area contributed by atoms with E-state index in [-0.39, 0.29) is 10.8 Å². The van der Waals surface area contributed by atoms with Gasteiger partial charge in [-0.15, -0.1) is 0 Å². The molecule has 5 nitrogen and oxygen atoms in total. The number of halogens is 1. The second-order valence-electron chi connectivity index (χ2n) is 5.92. The van der Waals surface area contributed by atoms with Crippen LogP contribution in [0.4, 0.5) is 5.69 Å². The van der Waals surface area contributed by atoms with E-state index < -0.39 is 15.6 Å². The number of rotatable bonds is 4. The summed E-state index contributed by atoms with van der Waals surface area (Å²) in [5.74, 6) is -0.844. The Kier molecular flexibility index (Phi) is 5.30. The summed E-state index contributed by atoms with van der Waals surface area (Å²) in [6.45, 7) is 2.29. The lowest BCUT2D eigenvalue weighted by molar-refractivity contribution is -0.128. The van der Waals surface area contributed by atoms with Crippen molar-refractivity contribution < 1.29 is 13.2 Å². The van der Waals surface area contributed by atoms with Crippen molar-refractivity contribution in [3.05, 3.63) is 59.6 Å². The minimum Gasteiger partial charge on any atom is -0.368 e. The molecule has 1 aliphatic rings. The number of hydrogen-bond donors (Lipinski definition) is 0. The molecular weight excluding hydrogens is 360 g/mol. The van der Waals surface area contributed by atoms with Crippen LogP contribution in [-0.2, 0) is 14.6 Å². The summed E-state index contributed by atoms with van der Waals surface area (Å²) in [5, 5.41) is 0.671. The van der Waals surface area contributed by atoms with Crippen LogP contribution in [0.5, 0.6) is 0 Å². The van der Waals surface area contributed by atoms with Crippen LogP contribution >= 0.6 is 11.6 Å². The maximum Gasteiger partial charge on any atom is 0.238 e. The van der Waals surface area contributed by atoms with E-state index in [0.717, 1.165) is 5.69 Å². The van der Waals surface area contributed by atoms with Crippen LogP contribution in [0.1, 0.15) is 0 Å². The summed E-state index contributed by atoms with van der Waals surface area (Å²) in [6, 6.07) is 15.7. The summed E-state index contributed by atoms with van der Waals surface area (Å²) in [4.78, 5) is 16.3. The number of carbonyl (C=O) groups excluding carboxylic acids is 1. The van der Waals surface area contributed by atoms with Crippen molar-refractivity contribution in [2.24, 2.45) is 0 Å². The zero-order chi connectivity index (χ0) is 17.9. The van der Waals surface area contributed by atoms with Gasteiger partial charge in [-0.3, -0.25) is 4.79 Å². The van der Waals surface area contributed by atoms with Gasteiger partial charge in [0.1, 0.15) is 5.75 Å². The van der Waals surface area contributed by atoms with Gasteiger partial charge in [-0.05, 0) is 30.3 Å². The normalized spacial score (nSPS) is 15.2. The van der Waals surface area contributed by atoms with E-state index in [1.807, 2.05) is 24.3 Å². The molecular formula is C18H19ClN2O3S. The summed E-state index contributed by atoms with van der Waals surface area (Å²) in [6.07, 6.45) is 0. The number of piperazine rings is 1. The molecule has 1 saturated heterocycles. The van der Waals surface area contributed by atoms with Crippen LogP contribution in [0.15, 0.2) is 59.5 Å². The van der Waals surface area contributed by atoms with Gasteiger partial charge in [-0.2, -0.15) is 0 Å². The third-order valence-electron chi connectivity index (χ3n) is 4.22. The zero-order valence-electron chi connectivity index (χ0n) is 13.6. The summed E-state index contributed by atoms with van der Waals surface area (Å²) >= 11 is 6.02. The van der Waals surface area contributed by atoms with E-state index in [9.17, 15) is 13.2 Å². The Bertz CT molecular complexity index is 848. The SMILES string of the molecule is O=C(CS(=O)(=O)c1ccccc1)N1CCN(c2cccc(Cl)c2)CC1. The topological polar surface area (TPSA) is 57.7 Å². The Hall–Kier alpha value is -2.05. The van der Waals surface area contributed by atoms with Crippen LogP contribution in [0.25, 0.3) is 0 Å². The van der Waals surface area contributed by atoms with Crippen molar-refractivity contribution in [2.45, 2.75) is 4.90 Å². The van der Waals surface area contributed by atoms with Gasteiger partial charge in [0.05, 0.1) is 4.90 Å². The molecule has 2 aromatic rings. The first kappa shape index (κ1) is 17.8. The quantitative estimate of drug-likeness (QED) is 0.820. The molecule has 3 rings (SSSR count). The molecule has 0 N–H and O–H groups in total. The molecule has 2 aromatic carbocycles. The van der Waals surface area contributed by atoms with Gasteiger partial charge in [-0.1, -0.05) is 35.9 Å². The molecule has 132 valence electrons. The molecule has 7 heteroatoms. The van der Waals surface area contributed by atoms with Gasteiger partial charge in [0.25, 0.3) is 0 Å². The fourth-order valence-corrected chi connectivity index (χ4v) is 4.28. The first-order valence-electron chi connectivity index (χ1n) is 8.02. The molecule has 1 fully saturated rings. The fourth-order valence-electron chi connectivity index (χ4n) is 2.85. The molecule has 0 atom stereocenters. The molecule has 0 unspecified atom stereocenters. The lowest BCUT2D eigenvalue weighted by Gasteiger charge is -2.36. The Morgan fingerprint density at radius 3 is 2.28 bits per heavy atom. The number of nitrogens with zero attached hydrogens (tertiary/aromatic N) is 2. The van der Waals surface area contributed by atoms with Crippen molar-refractivity contribution in [3.63, 3.8) is 0 Å². The molecule has 1 amide bonds. The Morgan fingerprint density at radius 2 is 1.64 bits per heavy atom. The van der Waals surface area contributed by atoms with Gasteiger partial charge in [0.2, 0.25) is 5.91 Å². The lowest BCUT2D eigenvalue weighted by Crippen LogP contribution is -2.50. The highest BCUT2D eigenvalue weighted by atomic mass is 35.5. The van der Waals surface area contributed by atoms with Gasteiger partial charge in [-0.25, -0.2) is 8.42 Å². The number of benzene rings is 2. The van der Waals surface area contributed by atoms with Gasteiger partial charge in [0, 0.05) is 36.9 Å². The second kappa shape index (κ2) is 7.45. The largest absolute Gasteiger partial charge is 0.368 e. The standard InChI is InChI=1S/C18H19ClN2O3S/c19-15-5-4-6-16(13-15)20-9-11-21(12-10-20)18(22)14-25(23,24)17-7-2-1-3-8-17/h1-8,13H,9-12,14H2. The maximum atomic E-state index is 12.4. The first-order valence-corrected chi connectivity index (χ1v) is 10.0. The monoisotopic (exact) mass is 378 g/mol. The minimum atomic E-state index is -3.60. The third kappa shape index (κ3) is 4.32. The number of hydrogen-bond acceptors (Lipinski definition) is 4. The Labute approximate surface area is 152 Å². The number of carbonyl (C=O) groups is 1. The summed E-state index contributed by atoms with van der Waals surface area (Å²) in [7, 11) is -3.60. The first-order chi connectivity index (χ1) is 12.0. The predicted octanol–water partition coefficient (Wildman–Crippen LogP) is 2.46. The van der Waals surface area contributed by atoms with Crippen LogP contribution in [0, 0.1) is 0 Å². The number of sulfone groups is 1. The molecule has 25 heavy (non-hydrogen) atoms. The molecule has 0 aromatic heterocycles. The van der Waals surface area contributed by atoms with Crippen LogP contribution in [0.2, 0.25) is 5.02 Å². The Morgan fingerprint density at radius 1 is 0.960 bits per heavy atom. The van der Waals surface area contributed by atoms with Crippen LogP contribution in [-0.4, -0.2) is 51.2 Å². The molecule has 1 heterocycles. The highest BCUT2D eigenvalue weighted by Gasteiger charge is 2.26. The van der Waals surface area contributed by atoms with Gasteiger partial charge in [0.15, 0.2) is 9.84 Å². The van der Waals surface area contributed by atoms with Crippen molar-refractivity contribution >= 4 is 33.0 Å². The molecule has 0 bridgehead atoms. The molecule has 0 aliphatic carbocycles. The van der Waals surface area contributed by atoms with Crippen LogP contribution in [0.3, 0.4) is 0 Å². The molecule has 0 radical (unpaired) electrons. The van der Waals surface area contributed by atoms with E-state index in [4.69, 9.17) is 11.6 Å². The molecule has 0 saturated carbocycles. The van der Waals surface area contributed by atoms with E-state index in [2.05, 4.69) is 4.90 Å².